The van der Waals surface area contributed by atoms with Gasteiger partial charge in [0.2, 0.25) is 0 Å². The number of halogens is 1. The average Bonchev–Trinajstić information content (AvgIpc) is 2.91. The number of aromatic nitrogens is 2. The van der Waals surface area contributed by atoms with E-state index in [0.717, 1.165) is 33.0 Å². The van der Waals surface area contributed by atoms with Gasteiger partial charge in [0.25, 0.3) is 0 Å². The molecule has 0 amide bonds. The molecule has 0 saturated carbocycles. The van der Waals surface area contributed by atoms with Crippen molar-refractivity contribution < 1.29 is 0 Å². The maximum atomic E-state index is 6.08. The van der Waals surface area contributed by atoms with Crippen molar-refractivity contribution in [3.8, 4) is 0 Å². The molecule has 23 heavy (non-hydrogen) atoms. The Morgan fingerprint density at radius 3 is 3.13 bits per heavy atom. The SMILES string of the molecule is CC1CCc2c(sc3ncnc(SCc4cccc(Cl)c4)c23)C1. The molecule has 0 fully saturated rings. The first kappa shape index (κ1) is 15.4. The second-order valence-corrected chi connectivity index (χ2v) is 8.61. The normalized spacial score (nSPS) is 17.4. The summed E-state index contributed by atoms with van der Waals surface area (Å²) in [6, 6.07) is 8.05. The molecule has 1 aliphatic rings. The van der Waals surface area contributed by atoms with Crippen LogP contribution in [0, 0.1) is 5.92 Å². The molecule has 0 radical (unpaired) electrons. The van der Waals surface area contributed by atoms with Crippen LogP contribution in [0.3, 0.4) is 0 Å². The molecule has 1 atom stereocenters. The van der Waals surface area contributed by atoms with Gasteiger partial charge in [-0.05, 0) is 48.4 Å². The summed E-state index contributed by atoms with van der Waals surface area (Å²) < 4.78 is 0. The van der Waals surface area contributed by atoms with Crippen molar-refractivity contribution in [3.05, 3.63) is 51.6 Å². The van der Waals surface area contributed by atoms with Crippen molar-refractivity contribution in [2.75, 3.05) is 0 Å². The maximum Gasteiger partial charge on any atom is 0.128 e. The van der Waals surface area contributed by atoms with Gasteiger partial charge >= 0.3 is 0 Å². The van der Waals surface area contributed by atoms with Crippen LogP contribution in [0.2, 0.25) is 5.02 Å². The number of rotatable bonds is 3. The van der Waals surface area contributed by atoms with Gasteiger partial charge in [-0.15, -0.1) is 23.1 Å². The number of hydrogen-bond acceptors (Lipinski definition) is 4. The van der Waals surface area contributed by atoms with Crippen LogP contribution in [0.15, 0.2) is 35.6 Å². The zero-order valence-corrected chi connectivity index (χ0v) is 15.3. The van der Waals surface area contributed by atoms with Crippen molar-refractivity contribution in [1.29, 1.82) is 0 Å². The van der Waals surface area contributed by atoms with E-state index >= 15 is 0 Å². The Morgan fingerprint density at radius 1 is 1.35 bits per heavy atom. The largest absolute Gasteiger partial charge is 0.229 e. The minimum Gasteiger partial charge on any atom is -0.229 e. The molecular formula is C18H17ClN2S2. The van der Waals surface area contributed by atoms with E-state index in [9.17, 15) is 0 Å². The lowest BCUT2D eigenvalue weighted by molar-refractivity contribution is 0.509. The number of thiophene rings is 1. The Labute approximate surface area is 149 Å². The monoisotopic (exact) mass is 360 g/mol. The van der Waals surface area contributed by atoms with Gasteiger partial charge in [0.1, 0.15) is 16.2 Å². The van der Waals surface area contributed by atoms with Gasteiger partial charge in [-0.25, -0.2) is 9.97 Å². The van der Waals surface area contributed by atoms with E-state index in [1.165, 1.54) is 34.2 Å². The van der Waals surface area contributed by atoms with Crippen LogP contribution >= 0.6 is 34.7 Å². The first-order chi connectivity index (χ1) is 11.2. The molecule has 0 saturated heterocycles. The third-order valence-electron chi connectivity index (χ3n) is 4.32. The fourth-order valence-corrected chi connectivity index (χ4v) is 5.73. The van der Waals surface area contributed by atoms with Gasteiger partial charge in [-0.1, -0.05) is 30.7 Å². The third kappa shape index (κ3) is 3.12. The fraction of sp³-hybridized carbons (Fsp3) is 0.333. The standard InChI is InChI=1S/C18H17ClN2S2/c1-11-5-6-14-15(7-11)23-18-16(14)17(20-10-21-18)22-9-12-3-2-4-13(19)8-12/h2-4,8,10-11H,5-7,9H2,1H3. The van der Waals surface area contributed by atoms with Crippen molar-refractivity contribution in [1.82, 2.24) is 9.97 Å². The molecule has 3 aromatic rings. The molecule has 118 valence electrons. The molecule has 0 N–H and O–H groups in total. The molecule has 2 aromatic heterocycles. The minimum atomic E-state index is 0.783. The van der Waals surface area contributed by atoms with E-state index in [0.29, 0.717) is 0 Å². The summed E-state index contributed by atoms with van der Waals surface area (Å²) in [4.78, 5) is 11.7. The zero-order chi connectivity index (χ0) is 15.8. The summed E-state index contributed by atoms with van der Waals surface area (Å²) in [6.45, 7) is 2.34. The summed E-state index contributed by atoms with van der Waals surface area (Å²) in [7, 11) is 0. The molecule has 1 aromatic carbocycles. The second-order valence-electron chi connectivity index (χ2n) is 6.13. The van der Waals surface area contributed by atoms with E-state index in [1.54, 1.807) is 18.1 Å². The Morgan fingerprint density at radius 2 is 2.26 bits per heavy atom. The van der Waals surface area contributed by atoms with Gasteiger partial charge < -0.3 is 0 Å². The van der Waals surface area contributed by atoms with Gasteiger partial charge in [-0.2, -0.15) is 0 Å². The minimum absolute atomic E-state index is 0.783. The summed E-state index contributed by atoms with van der Waals surface area (Å²) in [6.07, 6.45) is 5.32. The van der Waals surface area contributed by atoms with Crippen LogP contribution in [0.5, 0.6) is 0 Å². The van der Waals surface area contributed by atoms with Gasteiger partial charge in [-0.3, -0.25) is 0 Å². The van der Waals surface area contributed by atoms with E-state index in [-0.39, 0.29) is 0 Å². The van der Waals surface area contributed by atoms with Gasteiger partial charge in [0.15, 0.2) is 0 Å². The molecule has 1 unspecified atom stereocenters. The van der Waals surface area contributed by atoms with Crippen LogP contribution in [0.4, 0.5) is 0 Å². The van der Waals surface area contributed by atoms with Crippen molar-refractivity contribution in [2.45, 2.75) is 37.0 Å². The number of fused-ring (bicyclic) bond motifs is 3. The number of benzene rings is 1. The van der Waals surface area contributed by atoms with E-state index in [2.05, 4.69) is 23.0 Å². The number of nitrogens with zero attached hydrogens (tertiary/aromatic N) is 2. The lowest BCUT2D eigenvalue weighted by Crippen LogP contribution is -2.08. The maximum absolute atomic E-state index is 6.08. The van der Waals surface area contributed by atoms with E-state index in [1.807, 2.05) is 29.5 Å². The summed E-state index contributed by atoms with van der Waals surface area (Å²) in [5.41, 5.74) is 2.73. The molecule has 0 spiro atoms. The van der Waals surface area contributed by atoms with E-state index < -0.39 is 0 Å². The molecule has 0 bridgehead atoms. The van der Waals surface area contributed by atoms with Crippen molar-refractivity contribution in [3.63, 3.8) is 0 Å². The van der Waals surface area contributed by atoms with Crippen LogP contribution in [0.1, 0.15) is 29.3 Å². The summed E-state index contributed by atoms with van der Waals surface area (Å²) in [5, 5.41) is 3.20. The molecular weight excluding hydrogens is 344 g/mol. The van der Waals surface area contributed by atoms with E-state index in [4.69, 9.17) is 11.6 Å². The molecule has 0 aliphatic heterocycles. The van der Waals surface area contributed by atoms with Crippen molar-refractivity contribution in [2.24, 2.45) is 5.92 Å². The highest BCUT2D eigenvalue weighted by Crippen LogP contribution is 2.41. The molecule has 2 nitrogen and oxygen atoms in total. The Hall–Kier alpha value is -1.10. The van der Waals surface area contributed by atoms with Gasteiger partial charge in [0, 0.05) is 21.0 Å². The highest BCUT2D eigenvalue weighted by Gasteiger charge is 2.23. The Kier molecular flexibility index (Phi) is 4.31. The lowest BCUT2D eigenvalue weighted by Gasteiger charge is -2.18. The van der Waals surface area contributed by atoms with Crippen LogP contribution in [-0.2, 0) is 18.6 Å². The fourth-order valence-electron chi connectivity index (χ4n) is 3.13. The lowest BCUT2D eigenvalue weighted by atomic mass is 9.89. The van der Waals surface area contributed by atoms with Crippen LogP contribution < -0.4 is 0 Å². The topological polar surface area (TPSA) is 25.8 Å². The molecule has 5 heteroatoms. The first-order valence-electron chi connectivity index (χ1n) is 7.83. The quantitative estimate of drug-likeness (QED) is 0.438. The first-order valence-corrected chi connectivity index (χ1v) is 10.0. The Bertz CT molecular complexity index is 859. The summed E-state index contributed by atoms with van der Waals surface area (Å²) in [5.74, 6) is 1.67. The number of hydrogen-bond donors (Lipinski definition) is 0. The number of thioether (sulfide) groups is 1. The highest BCUT2D eigenvalue weighted by atomic mass is 35.5. The predicted octanol–water partition coefficient (Wildman–Crippen LogP) is 5.76. The molecule has 2 heterocycles. The Balaban J connectivity index is 1.67. The average molecular weight is 361 g/mol. The predicted molar refractivity (Wildman–Crippen MR) is 99.6 cm³/mol. The molecule has 1 aliphatic carbocycles. The van der Waals surface area contributed by atoms with Crippen molar-refractivity contribution >= 4 is 44.9 Å². The van der Waals surface area contributed by atoms with Crippen LogP contribution in [-0.4, -0.2) is 9.97 Å². The zero-order valence-electron chi connectivity index (χ0n) is 12.9. The third-order valence-corrected chi connectivity index (χ3v) is 6.78. The van der Waals surface area contributed by atoms with Crippen LogP contribution in [0.25, 0.3) is 10.2 Å². The van der Waals surface area contributed by atoms with Gasteiger partial charge in [0.05, 0.1) is 0 Å². The smallest absolute Gasteiger partial charge is 0.128 e. The molecule has 4 rings (SSSR count). The number of aryl methyl sites for hydroxylation is 1. The summed E-state index contributed by atoms with van der Waals surface area (Å²) >= 11 is 9.72. The highest BCUT2D eigenvalue weighted by molar-refractivity contribution is 7.98. The second kappa shape index (κ2) is 6.42.